The van der Waals surface area contributed by atoms with Gasteiger partial charge in [0.05, 0.1) is 5.02 Å². The topological polar surface area (TPSA) is 35.6 Å². The summed E-state index contributed by atoms with van der Waals surface area (Å²) in [5.74, 6) is 0.0950. The molecule has 1 amide bonds. The predicted octanol–water partition coefficient (Wildman–Crippen LogP) is 1.52. The van der Waals surface area contributed by atoms with E-state index in [2.05, 4.69) is 10.2 Å². The fourth-order valence-corrected chi connectivity index (χ4v) is 3.96. The van der Waals surface area contributed by atoms with Gasteiger partial charge in [0.25, 0.3) is 5.91 Å². The van der Waals surface area contributed by atoms with E-state index in [1.54, 1.807) is 6.07 Å². The zero-order valence-electron chi connectivity index (χ0n) is 10.8. The number of rotatable bonds is 2. The lowest BCUT2D eigenvalue weighted by Crippen LogP contribution is -2.49. The zero-order valence-corrected chi connectivity index (χ0v) is 12.3. The normalized spacial score (nSPS) is 24.9. The number of likely N-dealkylation sites (tertiary alicyclic amines) is 1. The van der Waals surface area contributed by atoms with Crippen LogP contribution in [0.4, 0.5) is 0 Å². The first-order valence-electron chi connectivity index (χ1n) is 6.73. The van der Waals surface area contributed by atoms with Gasteiger partial charge in [-0.2, -0.15) is 0 Å². The second kappa shape index (κ2) is 5.79. The lowest BCUT2D eigenvalue weighted by molar-refractivity contribution is 0.0778. The molecule has 0 bridgehead atoms. The van der Waals surface area contributed by atoms with E-state index in [0.29, 0.717) is 15.9 Å². The van der Waals surface area contributed by atoms with Crippen molar-refractivity contribution in [3.63, 3.8) is 0 Å². The van der Waals surface area contributed by atoms with Crippen LogP contribution in [0.2, 0.25) is 5.02 Å². The Morgan fingerprint density at radius 1 is 1.37 bits per heavy atom. The Bertz CT molecular complexity index is 458. The summed E-state index contributed by atoms with van der Waals surface area (Å²) in [6, 6.07) is 2.31. The van der Waals surface area contributed by atoms with E-state index in [-0.39, 0.29) is 5.91 Å². The van der Waals surface area contributed by atoms with Crippen LogP contribution in [0.5, 0.6) is 0 Å². The summed E-state index contributed by atoms with van der Waals surface area (Å²) in [7, 11) is 0. The summed E-state index contributed by atoms with van der Waals surface area (Å²) < 4.78 is 0. The molecule has 1 N–H and O–H groups in total. The van der Waals surface area contributed by atoms with E-state index < -0.39 is 0 Å². The minimum atomic E-state index is 0.0950. The van der Waals surface area contributed by atoms with Gasteiger partial charge in [-0.15, -0.1) is 11.3 Å². The van der Waals surface area contributed by atoms with Gasteiger partial charge in [-0.1, -0.05) is 11.6 Å². The van der Waals surface area contributed by atoms with Crippen LogP contribution < -0.4 is 5.32 Å². The van der Waals surface area contributed by atoms with E-state index in [1.165, 1.54) is 11.3 Å². The standard InChI is InChI=1S/C13H18ClN3OS/c14-11-2-8-19-12(11)13(18)17-5-1-10(9-17)16-6-3-15-4-7-16/h2,8,10,15H,1,3-7,9H2. The van der Waals surface area contributed by atoms with Crippen LogP contribution in [0.3, 0.4) is 0 Å². The van der Waals surface area contributed by atoms with Crippen molar-refractivity contribution in [2.75, 3.05) is 39.3 Å². The molecule has 3 rings (SSSR count). The van der Waals surface area contributed by atoms with E-state index in [1.807, 2.05) is 10.3 Å². The molecule has 0 radical (unpaired) electrons. The van der Waals surface area contributed by atoms with Crippen molar-refractivity contribution >= 4 is 28.8 Å². The molecule has 104 valence electrons. The average Bonchev–Trinajstić information content (AvgIpc) is 3.08. The fraction of sp³-hybridized carbons (Fsp3) is 0.615. The van der Waals surface area contributed by atoms with Crippen molar-refractivity contribution in [3.05, 3.63) is 21.3 Å². The van der Waals surface area contributed by atoms with Crippen molar-refractivity contribution in [1.29, 1.82) is 0 Å². The number of nitrogens with one attached hydrogen (secondary N) is 1. The number of carbonyl (C=O) groups is 1. The number of piperazine rings is 1. The molecule has 2 saturated heterocycles. The Morgan fingerprint density at radius 3 is 2.84 bits per heavy atom. The molecule has 0 spiro atoms. The molecule has 4 nitrogen and oxygen atoms in total. The maximum Gasteiger partial charge on any atom is 0.265 e. The molecule has 0 aliphatic carbocycles. The molecule has 2 aliphatic rings. The second-order valence-electron chi connectivity index (χ2n) is 5.08. The third kappa shape index (κ3) is 2.79. The highest BCUT2D eigenvalue weighted by molar-refractivity contribution is 7.12. The monoisotopic (exact) mass is 299 g/mol. The maximum absolute atomic E-state index is 12.4. The molecule has 0 saturated carbocycles. The summed E-state index contributed by atoms with van der Waals surface area (Å²) in [6.07, 6.45) is 1.08. The summed E-state index contributed by atoms with van der Waals surface area (Å²) in [5.41, 5.74) is 0. The van der Waals surface area contributed by atoms with Crippen molar-refractivity contribution in [2.24, 2.45) is 0 Å². The van der Waals surface area contributed by atoms with Gasteiger partial charge in [0, 0.05) is 45.3 Å². The first-order chi connectivity index (χ1) is 9.25. The SMILES string of the molecule is O=C(c1sccc1Cl)N1CCC(N2CCNCC2)C1. The van der Waals surface area contributed by atoms with Gasteiger partial charge in [-0.05, 0) is 17.9 Å². The van der Waals surface area contributed by atoms with Crippen LogP contribution in [-0.4, -0.2) is 61.0 Å². The lowest BCUT2D eigenvalue weighted by Gasteiger charge is -2.32. The molecule has 6 heteroatoms. The minimum Gasteiger partial charge on any atom is -0.336 e. The summed E-state index contributed by atoms with van der Waals surface area (Å²) in [4.78, 5) is 17.5. The molecular weight excluding hydrogens is 282 g/mol. The van der Waals surface area contributed by atoms with E-state index in [4.69, 9.17) is 11.6 Å². The molecule has 0 aromatic carbocycles. The fourth-order valence-electron chi connectivity index (χ4n) is 2.86. The third-order valence-electron chi connectivity index (χ3n) is 3.93. The summed E-state index contributed by atoms with van der Waals surface area (Å²) in [5, 5.41) is 5.82. The van der Waals surface area contributed by atoms with Crippen LogP contribution in [0, 0.1) is 0 Å². The van der Waals surface area contributed by atoms with Crippen LogP contribution in [0.15, 0.2) is 11.4 Å². The van der Waals surface area contributed by atoms with E-state index >= 15 is 0 Å². The molecule has 3 heterocycles. The molecule has 1 atom stereocenters. The van der Waals surface area contributed by atoms with Gasteiger partial charge in [0.1, 0.15) is 4.88 Å². The molecule has 1 aromatic heterocycles. The van der Waals surface area contributed by atoms with Gasteiger partial charge >= 0.3 is 0 Å². The van der Waals surface area contributed by atoms with Gasteiger partial charge in [0.2, 0.25) is 0 Å². The van der Waals surface area contributed by atoms with Crippen LogP contribution in [0.1, 0.15) is 16.1 Å². The Balaban J connectivity index is 1.62. The molecule has 1 aromatic rings. The Hall–Kier alpha value is -0.620. The van der Waals surface area contributed by atoms with E-state index in [0.717, 1.165) is 45.7 Å². The average molecular weight is 300 g/mol. The van der Waals surface area contributed by atoms with Gasteiger partial charge in [-0.25, -0.2) is 0 Å². The van der Waals surface area contributed by atoms with Crippen LogP contribution in [-0.2, 0) is 0 Å². The molecule has 1 unspecified atom stereocenters. The summed E-state index contributed by atoms with van der Waals surface area (Å²) in [6.45, 7) is 5.98. The summed E-state index contributed by atoms with van der Waals surface area (Å²) >= 11 is 7.48. The number of halogens is 1. The number of hydrogen-bond acceptors (Lipinski definition) is 4. The lowest BCUT2D eigenvalue weighted by atomic mass is 10.2. The van der Waals surface area contributed by atoms with Crippen molar-refractivity contribution < 1.29 is 4.79 Å². The highest BCUT2D eigenvalue weighted by atomic mass is 35.5. The molecule has 2 aliphatic heterocycles. The van der Waals surface area contributed by atoms with Crippen molar-refractivity contribution in [1.82, 2.24) is 15.1 Å². The quantitative estimate of drug-likeness (QED) is 0.899. The molecule has 19 heavy (non-hydrogen) atoms. The highest BCUT2D eigenvalue weighted by Crippen LogP contribution is 2.26. The largest absolute Gasteiger partial charge is 0.336 e. The Kier molecular flexibility index (Phi) is 4.07. The van der Waals surface area contributed by atoms with Gasteiger partial charge in [0.15, 0.2) is 0 Å². The van der Waals surface area contributed by atoms with Gasteiger partial charge < -0.3 is 10.2 Å². The van der Waals surface area contributed by atoms with Crippen LogP contribution in [0.25, 0.3) is 0 Å². The van der Waals surface area contributed by atoms with Crippen molar-refractivity contribution in [2.45, 2.75) is 12.5 Å². The first-order valence-corrected chi connectivity index (χ1v) is 7.98. The minimum absolute atomic E-state index is 0.0950. The number of hydrogen-bond donors (Lipinski definition) is 1. The number of amides is 1. The number of thiophene rings is 1. The zero-order chi connectivity index (χ0) is 13.2. The van der Waals surface area contributed by atoms with Crippen LogP contribution >= 0.6 is 22.9 Å². The Labute approximate surface area is 122 Å². The number of carbonyl (C=O) groups excluding carboxylic acids is 1. The maximum atomic E-state index is 12.4. The second-order valence-corrected chi connectivity index (χ2v) is 6.40. The Morgan fingerprint density at radius 2 is 2.16 bits per heavy atom. The van der Waals surface area contributed by atoms with E-state index in [9.17, 15) is 4.79 Å². The molecular formula is C13H18ClN3OS. The van der Waals surface area contributed by atoms with Gasteiger partial charge in [-0.3, -0.25) is 9.69 Å². The predicted molar refractivity (Wildman–Crippen MR) is 78.1 cm³/mol. The van der Waals surface area contributed by atoms with Crippen molar-refractivity contribution in [3.8, 4) is 0 Å². The smallest absolute Gasteiger partial charge is 0.265 e. The first kappa shape index (κ1) is 13.4. The number of nitrogens with zero attached hydrogens (tertiary/aromatic N) is 2. The molecule has 2 fully saturated rings. The highest BCUT2D eigenvalue weighted by Gasteiger charge is 2.32. The third-order valence-corrected chi connectivity index (χ3v) is 5.26.